The zero-order valence-corrected chi connectivity index (χ0v) is 10.9. The molecule has 4 nitrogen and oxygen atoms in total. The number of hydrogen-bond acceptors (Lipinski definition) is 3. The first kappa shape index (κ1) is 12.0. The Morgan fingerprint density at radius 3 is 2.17 bits per heavy atom. The highest BCUT2D eigenvalue weighted by atomic mass is 32.2. The number of fused-ring (bicyclic) bond motifs is 1. The van der Waals surface area contributed by atoms with Crippen molar-refractivity contribution in [3.8, 4) is 5.75 Å². The Morgan fingerprint density at radius 2 is 1.61 bits per heavy atom. The van der Waals surface area contributed by atoms with Gasteiger partial charge < -0.3 is 5.11 Å². The minimum Gasteiger partial charge on any atom is -0.508 e. The summed E-state index contributed by atoms with van der Waals surface area (Å²) in [7, 11) is -3.38. The van der Waals surface area contributed by atoms with Gasteiger partial charge in [0, 0.05) is 13.1 Å². The topological polar surface area (TPSA) is 57.6 Å². The van der Waals surface area contributed by atoms with E-state index in [9.17, 15) is 13.5 Å². The van der Waals surface area contributed by atoms with Crippen molar-refractivity contribution >= 4 is 10.0 Å². The summed E-state index contributed by atoms with van der Waals surface area (Å²) in [6.45, 7) is 1.32. The number of phenolic OH excluding ortho intramolecular Hbond substituents is 1. The third kappa shape index (κ3) is 1.91. The van der Waals surface area contributed by atoms with Crippen molar-refractivity contribution in [3.63, 3.8) is 0 Å². The molecule has 1 saturated carbocycles. The fraction of sp³-hybridized carbons (Fsp3) is 0.538. The van der Waals surface area contributed by atoms with Crippen molar-refractivity contribution in [1.29, 1.82) is 0 Å². The highest BCUT2D eigenvalue weighted by Crippen LogP contribution is 2.39. The fourth-order valence-corrected chi connectivity index (χ4v) is 4.71. The van der Waals surface area contributed by atoms with Crippen molar-refractivity contribution in [2.45, 2.75) is 24.2 Å². The largest absolute Gasteiger partial charge is 0.508 e. The summed E-state index contributed by atoms with van der Waals surface area (Å²) >= 11 is 0. The molecule has 1 aliphatic heterocycles. The van der Waals surface area contributed by atoms with Gasteiger partial charge in [-0.15, -0.1) is 0 Å². The molecule has 3 rings (SSSR count). The van der Waals surface area contributed by atoms with Crippen LogP contribution in [0.5, 0.6) is 5.75 Å². The van der Waals surface area contributed by atoms with Gasteiger partial charge in [-0.3, -0.25) is 0 Å². The fourth-order valence-electron chi connectivity index (χ4n) is 3.16. The van der Waals surface area contributed by atoms with E-state index in [0.717, 1.165) is 12.8 Å². The summed E-state index contributed by atoms with van der Waals surface area (Å²) in [5.41, 5.74) is 0. The molecule has 5 heteroatoms. The number of aromatic hydroxyl groups is 1. The van der Waals surface area contributed by atoms with Gasteiger partial charge in [-0.25, -0.2) is 8.42 Å². The van der Waals surface area contributed by atoms with Gasteiger partial charge in [0.05, 0.1) is 4.90 Å². The molecule has 1 aliphatic carbocycles. The van der Waals surface area contributed by atoms with Gasteiger partial charge in [-0.2, -0.15) is 4.31 Å². The van der Waals surface area contributed by atoms with Gasteiger partial charge >= 0.3 is 0 Å². The Bertz CT molecular complexity index is 526. The van der Waals surface area contributed by atoms with Crippen LogP contribution >= 0.6 is 0 Å². The van der Waals surface area contributed by atoms with Crippen molar-refractivity contribution in [3.05, 3.63) is 24.3 Å². The molecule has 1 aromatic carbocycles. The molecule has 18 heavy (non-hydrogen) atoms. The summed E-state index contributed by atoms with van der Waals surface area (Å²) in [6.07, 6.45) is 3.56. The van der Waals surface area contributed by atoms with Crippen LogP contribution in [0.3, 0.4) is 0 Å². The first-order chi connectivity index (χ1) is 8.57. The molecular weight excluding hydrogens is 250 g/mol. The number of hydrogen-bond donors (Lipinski definition) is 1. The third-order valence-corrected chi connectivity index (χ3v) is 6.01. The SMILES string of the molecule is O=S(=O)(c1ccc(O)cc1)N1CC2CCCC2C1. The van der Waals surface area contributed by atoms with Gasteiger partial charge in [0.15, 0.2) is 0 Å². The molecule has 1 N–H and O–H groups in total. The Kier molecular flexibility index (Phi) is 2.83. The first-order valence-corrected chi connectivity index (χ1v) is 7.80. The Labute approximate surface area is 107 Å². The van der Waals surface area contributed by atoms with Crippen LogP contribution in [0.15, 0.2) is 29.2 Å². The molecule has 0 spiro atoms. The Morgan fingerprint density at radius 1 is 1.06 bits per heavy atom. The number of nitrogens with zero attached hydrogens (tertiary/aromatic N) is 1. The number of sulfonamides is 1. The number of rotatable bonds is 2. The lowest BCUT2D eigenvalue weighted by molar-refractivity contribution is 0.445. The van der Waals surface area contributed by atoms with E-state index < -0.39 is 10.0 Å². The maximum absolute atomic E-state index is 12.4. The summed E-state index contributed by atoms with van der Waals surface area (Å²) in [4.78, 5) is 0.278. The Hall–Kier alpha value is -1.07. The molecule has 0 aromatic heterocycles. The van der Waals surface area contributed by atoms with E-state index in [-0.39, 0.29) is 10.6 Å². The molecule has 2 unspecified atom stereocenters. The highest BCUT2D eigenvalue weighted by molar-refractivity contribution is 7.89. The minimum atomic E-state index is -3.38. The summed E-state index contributed by atoms with van der Waals surface area (Å²) in [6, 6.07) is 5.78. The van der Waals surface area contributed by atoms with Crippen LogP contribution in [0.4, 0.5) is 0 Å². The molecule has 0 bridgehead atoms. The van der Waals surface area contributed by atoms with Crippen molar-refractivity contribution in [2.24, 2.45) is 11.8 Å². The lowest BCUT2D eigenvalue weighted by Gasteiger charge is -2.17. The van der Waals surface area contributed by atoms with Gasteiger partial charge in [0.2, 0.25) is 10.0 Å². The van der Waals surface area contributed by atoms with Crippen LogP contribution in [0.2, 0.25) is 0 Å². The highest BCUT2D eigenvalue weighted by Gasteiger charge is 2.41. The van der Waals surface area contributed by atoms with Crippen LogP contribution in [0, 0.1) is 11.8 Å². The van der Waals surface area contributed by atoms with Crippen molar-refractivity contribution < 1.29 is 13.5 Å². The molecule has 0 amide bonds. The zero-order chi connectivity index (χ0) is 12.8. The van der Waals surface area contributed by atoms with Crippen molar-refractivity contribution in [2.75, 3.05) is 13.1 Å². The molecule has 1 heterocycles. The van der Waals surface area contributed by atoms with E-state index in [1.165, 1.54) is 30.7 Å². The smallest absolute Gasteiger partial charge is 0.243 e. The van der Waals surface area contributed by atoms with Crippen LogP contribution in [0.1, 0.15) is 19.3 Å². The maximum atomic E-state index is 12.4. The summed E-state index contributed by atoms with van der Waals surface area (Å²) in [5.74, 6) is 1.20. The van der Waals surface area contributed by atoms with Crippen LogP contribution in [0.25, 0.3) is 0 Å². The van der Waals surface area contributed by atoms with E-state index in [4.69, 9.17) is 0 Å². The second-order valence-corrected chi connectivity index (χ2v) is 7.20. The van der Waals surface area contributed by atoms with Gasteiger partial charge in [0.25, 0.3) is 0 Å². The quantitative estimate of drug-likeness (QED) is 0.889. The predicted molar refractivity (Wildman–Crippen MR) is 67.7 cm³/mol. The molecule has 0 radical (unpaired) electrons. The van der Waals surface area contributed by atoms with E-state index in [1.54, 1.807) is 4.31 Å². The molecule has 2 fully saturated rings. The van der Waals surface area contributed by atoms with E-state index in [1.807, 2.05) is 0 Å². The summed E-state index contributed by atoms with van der Waals surface area (Å²) in [5, 5.41) is 9.21. The average Bonchev–Trinajstić information content (AvgIpc) is 2.89. The molecule has 2 atom stereocenters. The van der Waals surface area contributed by atoms with Crippen LogP contribution < -0.4 is 0 Å². The van der Waals surface area contributed by atoms with E-state index >= 15 is 0 Å². The van der Waals surface area contributed by atoms with Crippen LogP contribution in [-0.4, -0.2) is 30.9 Å². The normalized spacial score (nSPS) is 28.4. The van der Waals surface area contributed by atoms with Gasteiger partial charge in [0.1, 0.15) is 5.75 Å². The number of phenols is 1. The van der Waals surface area contributed by atoms with Gasteiger partial charge in [-0.1, -0.05) is 6.42 Å². The van der Waals surface area contributed by atoms with E-state index in [2.05, 4.69) is 0 Å². The number of benzene rings is 1. The second kappa shape index (κ2) is 4.24. The standard InChI is InChI=1S/C13H17NO3S/c15-12-4-6-13(7-5-12)18(16,17)14-8-10-2-1-3-11(10)9-14/h4-7,10-11,15H,1-3,8-9H2. The Balaban J connectivity index is 1.85. The zero-order valence-electron chi connectivity index (χ0n) is 10.1. The van der Waals surface area contributed by atoms with Crippen LogP contribution in [-0.2, 0) is 10.0 Å². The van der Waals surface area contributed by atoms with Gasteiger partial charge in [-0.05, 0) is 48.9 Å². The third-order valence-electron chi connectivity index (χ3n) is 4.17. The first-order valence-electron chi connectivity index (χ1n) is 6.36. The maximum Gasteiger partial charge on any atom is 0.243 e. The monoisotopic (exact) mass is 267 g/mol. The second-order valence-electron chi connectivity index (χ2n) is 5.27. The lowest BCUT2D eigenvalue weighted by atomic mass is 10.0. The summed E-state index contributed by atoms with van der Waals surface area (Å²) < 4.78 is 26.4. The van der Waals surface area contributed by atoms with Crippen molar-refractivity contribution in [1.82, 2.24) is 4.31 Å². The molecule has 1 aromatic rings. The average molecular weight is 267 g/mol. The lowest BCUT2D eigenvalue weighted by Crippen LogP contribution is -2.29. The molecule has 1 saturated heterocycles. The minimum absolute atomic E-state index is 0.0900. The molecular formula is C13H17NO3S. The predicted octanol–water partition coefficient (Wildman–Crippen LogP) is 1.81. The molecule has 2 aliphatic rings. The molecule has 98 valence electrons. The van der Waals surface area contributed by atoms with E-state index in [0.29, 0.717) is 24.9 Å².